The van der Waals surface area contributed by atoms with Crippen LogP contribution in [0.4, 0.5) is 0 Å². The summed E-state index contributed by atoms with van der Waals surface area (Å²) in [4.78, 5) is 12.1. The van der Waals surface area contributed by atoms with E-state index in [1.54, 1.807) is 42.5 Å². The molecule has 2 aromatic rings. The maximum Gasteiger partial charge on any atom is 0.194 e. The van der Waals surface area contributed by atoms with E-state index in [1.165, 1.54) is 0 Å². The lowest BCUT2D eigenvalue weighted by Crippen LogP contribution is -2.01. The number of benzene rings is 2. The van der Waals surface area contributed by atoms with Crippen LogP contribution in [-0.2, 0) is 0 Å². The zero-order chi connectivity index (χ0) is 12.4. The molecule has 4 heteroatoms. The summed E-state index contributed by atoms with van der Waals surface area (Å²) in [7, 11) is 0. The minimum Gasteiger partial charge on any atom is -0.289 e. The van der Waals surface area contributed by atoms with E-state index >= 15 is 0 Å². The molecule has 0 aromatic heterocycles. The van der Waals surface area contributed by atoms with Crippen LogP contribution < -0.4 is 0 Å². The Kier molecular flexibility index (Phi) is 3.72. The minimum absolute atomic E-state index is 0.172. The SMILES string of the molecule is O=C(c1ccc(Cl)cc1)c1cccc(Cl)c1Cl. The normalized spacial score (nSPS) is 10.3. The largest absolute Gasteiger partial charge is 0.289 e. The Hall–Kier alpha value is -1.02. The van der Waals surface area contributed by atoms with Crippen molar-refractivity contribution in [1.29, 1.82) is 0 Å². The molecule has 86 valence electrons. The van der Waals surface area contributed by atoms with Crippen LogP contribution in [0.25, 0.3) is 0 Å². The van der Waals surface area contributed by atoms with Crippen molar-refractivity contribution in [3.63, 3.8) is 0 Å². The molecule has 2 aromatic carbocycles. The van der Waals surface area contributed by atoms with Crippen molar-refractivity contribution in [1.82, 2.24) is 0 Å². The van der Waals surface area contributed by atoms with E-state index in [0.717, 1.165) is 0 Å². The lowest BCUT2D eigenvalue weighted by atomic mass is 10.0. The van der Waals surface area contributed by atoms with Crippen molar-refractivity contribution in [2.45, 2.75) is 0 Å². The van der Waals surface area contributed by atoms with Gasteiger partial charge in [0.15, 0.2) is 5.78 Å². The third-order valence-corrected chi connectivity index (χ3v) is 3.37. The monoisotopic (exact) mass is 284 g/mol. The van der Waals surface area contributed by atoms with Gasteiger partial charge in [-0.3, -0.25) is 4.79 Å². The first-order valence-electron chi connectivity index (χ1n) is 4.84. The van der Waals surface area contributed by atoms with Crippen LogP contribution in [0.15, 0.2) is 42.5 Å². The summed E-state index contributed by atoms with van der Waals surface area (Å²) in [6.45, 7) is 0. The van der Waals surface area contributed by atoms with Gasteiger partial charge in [-0.05, 0) is 36.4 Å². The Balaban J connectivity index is 2.44. The Morgan fingerprint density at radius 3 is 2.18 bits per heavy atom. The molecule has 2 rings (SSSR count). The maximum atomic E-state index is 12.1. The fraction of sp³-hybridized carbons (Fsp3) is 0. The number of carbonyl (C=O) groups excluding carboxylic acids is 1. The summed E-state index contributed by atoms with van der Waals surface area (Å²) < 4.78 is 0. The molecule has 0 spiro atoms. The topological polar surface area (TPSA) is 17.1 Å². The molecule has 17 heavy (non-hydrogen) atoms. The van der Waals surface area contributed by atoms with Gasteiger partial charge in [-0.2, -0.15) is 0 Å². The second-order valence-electron chi connectivity index (χ2n) is 3.44. The molecule has 0 aliphatic heterocycles. The lowest BCUT2D eigenvalue weighted by Gasteiger charge is -2.05. The fourth-order valence-electron chi connectivity index (χ4n) is 1.44. The number of carbonyl (C=O) groups is 1. The molecule has 0 aliphatic carbocycles. The number of hydrogen-bond donors (Lipinski definition) is 0. The van der Waals surface area contributed by atoms with Crippen LogP contribution in [0.3, 0.4) is 0 Å². The zero-order valence-corrected chi connectivity index (χ0v) is 10.9. The number of ketones is 1. The van der Waals surface area contributed by atoms with E-state index in [0.29, 0.717) is 21.2 Å². The van der Waals surface area contributed by atoms with Gasteiger partial charge in [-0.1, -0.05) is 40.9 Å². The Labute approximate surface area is 114 Å². The highest BCUT2D eigenvalue weighted by molar-refractivity contribution is 6.44. The Morgan fingerprint density at radius 1 is 0.882 bits per heavy atom. The number of hydrogen-bond acceptors (Lipinski definition) is 1. The van der Waals surface area contributed by atoms with Crippen LogP contribution in [0, 0.1) is 0 Å². The molecule has 0 atom stereocenters. The lowest BCUT2D eigenvalue weighted by molar-refractivity contribution is 0.103. The van der Waals surface area contributed by atoms with Crippen LogP contribution in [0.5, 0.6) is 0 Å². The molecule has 0 heterocycles. The predicted molar refractivity (Wildman–Crippen MR) is 71.3 cm³/mol. The van der Waals surface area contributed by atoms with E-state index in [4.69, 9.17) is 34.8 Å². The summed E-state index contributed by atoms with van der Waals surface area (Å²) in [5.74, 6) is -0.172. The molecule has 0 aliphatic rings. The highest BCUT2D eigenvalue weighted by Gasteiger charge is 2.14. The summed E-state index contributed by atoms with van der Waals surface area (Å²) in [6, 6.07) is 11.6. The van der Waals surface area contributed by atoms with Gasteiger partial charge >= 0.3 is 0 Å². The summed E-state index contributed by atoms with van der Waals surface area (Å²) in [5, 5.41) is 1.22. The molecule has 0 unspecified atom stereocenters. The summed E-state index contributed by atoms with van der Waals surface area (Å²) >= 11 is 17.6. The Bertz CT molecular complexity index is 561. The second-order valence-corrected chi connectivity index (χ2v) is 4.66. The first kappa shape index (κ1) is 12.4. The third kappa shape index (κ3) is 2.63. The Morgan fingerprint density at radius 2 is 1.53 bits per heavy atom. The van der Waals surface area contributed by atoms with Crippen molar-refractivity contribution in [2.75, 3.05) is 0 Å². The smallest absolute Gasteiger partial charge is 0.194 e. The summed E-state index contributed by atoms with van der Waals surface area (Å²) in [6.07, 6.45) is 0. The molecule has 1 nitrogen and oxygen atoms in total. The van der Waals surface area contributed by atoms with Gasteiger partial charge in [0.2, 0.25) is 0 Å². The van der Waals surface area contributed by atoms with Crippen molar-refractivity contribution in [3.05, 3.63) is 68.7 Å². The third-order valence-electron chi connectivity index (χ3n) is 2.30. The van der Waals surface area contributed by atoms with Gasteiger partial charge in [0, 0.05) is 16.1 Å². The van der Waals surface area contributed by atoms with E-state index in [-0.39, 0.29) is 10.8 Å². The number of rotatable bonds is 2. The highest BCUT2D eigenvalue weighted by Crippen LogP contribution is 2.27. The first-order valence-corrected chi connectivity index (χ1v) is 5.97. The van der Waals surface area contributed by atoms with Gasteiger partial charge < -0.3 is 0 Å². The van der Waals surface area contributed by atoms with Crippen LogP contribution in [-0.4, -0.2) is 5.78 Å². The molecule has 0 fully saturated rings. The minimum atomic E-state index is -0.172. The average Bonchev–Trinajstić information content (AvgIpc) is 2.33. The standard InChI is InChI=1S/C13H7Cl3O/c14-9-6-4-8(5-7-9)13(17)10-2-1-3-11(15)12(10)16/h1-7H. The van der Waals surface area contributed by atoms with E-state index in [2.05, 4.69) is 0 Å². The molecule has 0 N–H and O–H groups in total. The van der Waals surface area contributed by atoms with Gasteiger partial charge in [-0.25, -0.2) is 0 Å². The molecular formula is C13H7Cl3O. The molecule has 0 amide bonds. The van der Waals surface area contributed by atoms with Crippen LogP contribution >= 0.6 is 34.8 Å². The maximum absolute atomic E-state index is 12.1. The first-order chi connectivity index (χ1) is 8.09. The predicted octanol–water partition coefficient (Wildman–Crippen LogP) is 4.88. The van der Waals surface area contributed by atoms with Gasteiger partial charge in [0.05, 0.1) is 10.0 Å². The van der Waals surface area contributed by atoms with Gasteiger partial charge in [0.1, 0.15) is 0 Å². The van der Waals surface area contributed by atoms with Gasteiger partial charge in [-0.15, -0.1) is 0 Å². The second kappa shape index (κ2) is 5.09. The van der Waals surface area contributed by atoms with E-state index in [1.807, 2.05) is 0 Å². The van der Waals surface area contributed by atoms with Crippen LogP contribution in [0.2, 0.25) is 15.1 Å². The highest BCUT2D eigenvalue weighted by atomic mass is 35.5. The van der Waals surface area contributed by atoms with Crippen molar-refractivity contribution < 1.29 is 4.79 Å². The van der Waals surface area contributed by atoms with Crippen molar-refractivity contribution in [3.8, 4) is 0 Å². The summed E-state index contributed by atoms with van der Waals surface area (Å²) in [5.41, 5.74) is 0.917. The number of halogens is 3. The quantitative estimate of drug-likeness (QED) is 0.719. The molecule has 0 saturated heterocycles. The molecule has 0 bridgehead atoms. The molecule has 0 saturated carbocycles. The van der Waals surface area contributed by atoms with E-state index in [9.17, 15) is 4.79 Å². The van der Waals surface area contributed by atoms with Crippen molar-refractivity contribution >= 4 is 40.6 Å². The molecular weight excluding hydrogens is 279 g/mol. The van der Waals surface area contributed by atoms with E-state index < -0.39 is 0 Å². The van der Waals surface area contributed by atoms with Gasteiger partial charge in [0.25, 0.3) is 0 Å². The zero-order valence-electron chi connectivity index (χ0n) is 8.58. The average molecular weight is 286 g/mol. The fourth-order valence-corrected chi connectivity index (χ4v) is 1.95. The van der Waals surface area contributed by atoms with Crippen LogP contribution in [0.1, 0.15) is 15.9 Å². The van der Waals surface area contributed by atoms with Crippen molar-refractivity contribution in [2.24, 2.45) is 0 Å². The molecule has 0 radical (unpaired) electrons.